The van der Waals surface area contributed by atoms with Gasteiger partial charge in [-0.2, -0.15) is 10.2 Å². The normalized spacial score (nSPS) is 19.1. The van der Waals surface area contributed by atoms with Crippen molar-refractivity contribution in [3.05, 3.63) is 24.2 Å². The molecular weight excluding hydrogens is 248 g/mol. The number of nitrogens with one attached hydrogen (secondary N) is 2. The van der Waals surface area contributed by atoms with Crippen LogP contribution < -0.4 is 10.9 Å². The Bertz CT molecular complexity index is 545. The van der Waals surface area contributed by atoms with Crippen LogP contribution in [0.25, 0.3) is 0 Å². The molecule has 0 aliphatic carbocycles. The molecule has 1 aliphatic rings. The molecule has 0 aromatic carbocycles. The molecule has 19 heavy (non-hydrogen) atoms. The van der Waals surface area contributed by atoms with Crippen molar-refractivity contribution in [3.63, 3.8) is 0 Å². The van der Waals surface area contributed by atoms with E-state index in [0.29, 0.717) is 17.2 Å². The number of carbonyl (C=O) groups is 2. The van der Waals surface area contributed by atoms with Crippen molar-refractivity contribution in [1.29, 1.82) is 0 Å². The number of carbonyl (C=O) groups excluding carboxylic acids is 2. The Morgan fingerprint density at radius 3 is 3.00 bits per heavy atom. The Balaban J connectivity index is 1.90. The summed E-state index contributed by atoms with van der Waals surface area (Å²) >= 11 is 0. The van der Waals surface area contributed by atoms with Gasteiger partial charge in [0.1, 0.15) is 11.5 Å². The van der Waals surface area contributed by atoms with Gasteiger partial charge < -0.3 is 4.42 Å². The van der Waals surface area contributed by atoms with E-state index in [9.17, 15) is 9.59 Å². The van der Waals surface area contributed by atoms with Crippen LogP contribution in [0.4, 0.5) is 0 Å². The number of hydrazone groups is 2. The minimum absolute atomic E-state index is 0.0239. The number of hydrogen-bond acceptors (Lipinski definition) is 5. The van der Waals surface area contributed by atoms with Crippen LogP contribution in [0.5, 0.6) is 0 Å². The molecule has 0 bridgehead atoms. The van der Waals surface area contributed by atoms with E-state index in [-0.39, 0.29) is 18.2 Å². The molecule has 100 valence electrons. The van der Waals surface area contributed by atoms with E-state index in [2.05, 4.69) is 21.1 Å². The van der Waals surface area contributed by atoms with Crippen LogP contribution in [0.2, 0.25) is 0 Å². The molecule has 0 saturated heterocycles. The first kappa shape index (κ1) is 13.0. The zero-order valence-corrected chi connectivity index (χ0v) is 10.6. The second-order valence-electron chi connectivity index (χ2n) is 4.20. The minimum Gasteiger partial charge on any atom is -0.463 e. The van der Waals surface area contributed by atoms with Crippen molar-refractivity contribution < 1.29 is 14.0 Å². The first-order valence-corrected chi connectivity index (χ1v) is 5.79. The molecule has 1 aliphatic heterocycles. The summed E-state index contributed by atoms with van der Waals surface area (Å²) in [7, 11) is 0. The Kier molecular flexibility index (Phi) is 3.74. The van der Waals surface area contributed by atoms with E-state index in [0.717, 1.165) is 0 Å². The summed E-state index contributed by atoms with van der Waals surface area (Å²) in [6.07, 6.45) is 1.55. The van der Waals surface area contributed by atoms with Gasteiger partial charge in [-0.1, -0.05) is 0 Å². The fourth-order valence-electron chi connectivity index (χ4n) is 1.65. The summed E-state index contributed by atoms with van der Waals surface area (Å²) in [5, 5.41) is 7.68. The molecule has 2 rings (SSSR count). The van der Waals surface area contributed by atoms with Crippen molar-refractivity contribution in [3.8, 4) is 0 Å². The standard InChI is InChI=1S/C12H14N4O3/c1-7-9(12(18)16-13-7)6-11(17)15-14-8(2)10-4-3-5-19-10/h3-5,9H,6H2,1-2H3,(H,15,17)(H,16,18). The molecule has 1 unspecified atom stereocenters. The highest BCUT2D eigenvalue weighted by Gasteiger charge is 2.29. The average Bonchev–Trinajstić information content (AvgIpc) is 3.01. The molecule has 2 amide bonds. The third kappa shape index (κ3) is 3.06. The number of furan rings is 1. The Labute approximate surface area is 109 Å². The van der Waals surface area contributed by atoms with Gasteiger partial charge in [0.05, 0.1) is 12.2 Å². The van der Waals surface area contributed by atoms with Crippen LogP contribution in [0.3, 0.4) is 0 Å². The summed E-state index contributed by atoms with van der Waals surface area (Å²) in [4.78, 5) is 23.1. The van der Waals surface area contributed by atoms with Gasteiger partial charge in [0.25, 0.3) is 0 Å². The predicted octanol–water partition coefficient (Wildman–Crippen LogP) is 0.632. The lowest BCUT2D eigenvalue weighted by Crippen LogP contribution is -2.29. The SMILES string of the molecule is CC(=NNC(=O)CC1C(=O)NN=C1C)c1ccco1. The van der Waals surface area contributed by atoms with E-state index >= 15 is 0 Å². The zero-order chi connectivity index (χ0) is 13.8. The van der Waals surface area contributed by atoms with Crippen LogP contribution in [-0.4, -0.2) is 23.2 Å². The quantitative estimate of drug-likeness (QED) is 0.615. The summed E-state index contributed by atoms with van der Waals surface area (Å²) in [6.45, 7) is 3.42. The van der Waals surface area contributed by atoms with E-state index in [1.807, 2.05) is 0 Å². The van der Waals surface area contributed by atoms with Crippen LogP contribution in [0, 0.1) is 5.92 Å². The third-order valence-corrected chi connectivity index (χ3v) is 2.78. The van der Waals surface area contributed by atoms with Crippen LogP contribution in [-0.2, 0) is 9.59 Å². The minimum atomic E-state index is -0.515. The molecule has 2 N–H and O–H groups in total. The smallest absolute Gasteiger partial charge is 0.249 e. The summed E-state index contributed by atoms with van der Waals surface area (Å²) in [5.74, 6) is -0.544. The molecule has 0 spiro atoms. The Morgan fingerprint density at radius 2 is 2.42 bits per heavy atom. The second-order valence-corrected chi connectivity index (χ2v) is 4.20. The molecule has 0 saturated carbocycles. The first-order chi connectivity index (χ1) is 9.08. The molecule has 0 radical (unpaired) electrons. The van der Waals surface area contributed by atoms with Gasteiger partial charge in [-0.05, 0) is 26.0 Å². The van der Waals surface area contributed by atoms with Crippen molar-refractivity contribution in [2.45, 2.75) is 20.3 Å². The van der Waals surface area contributed by atoms with E-state index in [1.54, 1.807) is 26.0 Å². The van der Waals surface area contributed by atoms with Crippen LogP contribution >= 0.6 is 0 Å². The summed E-state index contributed by atoms with van der Waals surface area (Å²) in [6, 6.07) is 3.48. The number of rotatable bonds is 4. The lowest BCUT2D eigenvalue weighted by atomic mass is 10.0. The average molecular weight is 262 g/mol. The summed E-state index contributed by atoms with van der Waals surface area (Å²) in [5.41, 5.74) is 5.88. The van der Waals surface area contributed by atoms with E-state index < -0.39 is 5.92 Å². The van der Waals surface area contributed by atoms with Gasteiger partial charge in [-0.15, -0.1) is 0 Å². The summed E-state index contributed by atoms with van der Waals surface area (Å²) < 4.78 is 5.13. The van der Waals surface area contributed by atoms with Gasteiger partial charge in [-0.3, -0.25) is 9.59 Å². The molecule has 7 nitrogen and oxygen atoms in total. The van der Waals surface area contributed by atoms with Crippen molar-refractivity contribution in [2.75, 3.05) is 0 Å². The van der Waals surface area contributed by atoms with Crippen LogP contribution in [0.1, 0.15) is 26.0 Å². The number of nitrogens with zero attached hydrogens (tertiary/aromatic N) is 2. The second kappa shape index (κ2) is 5.47. The predicted molar refractivity (Wildman–Crippen MR) is 68.4 cm³/mol. The lowest BCUT2D eigenvalue weighted by Gasteiger charge is -2.06. The van der Waals surface area contributed by atoms with E-state index in [4.69, 9.17) is 4.42 Å². The fraction of sp³-hybridized carbons (Fsp3) is 0.333. The molecule has 1 aromatic rings. The van der Waals surface area contributed by atoms with Crippen molar-refractivity contribution >= 4 is 23.2 Å². The van der Waals surface area contributed by atoms with Crippen LogP contribution in [0.15, 0.2) is 33.0 Å². The fourth-order valence-corrected chi connectivity index (χ4v) is 1.65. The Hall–Kier alpha value is -2.44. The van der Waals surface area contributed by atoms with Gasteiger partial charge in [0.15, 0.2) is 0 Å². The third-order valence-electron chi connectivity index (χ3n) is 2.78. The molecule has 0 fully saturated rings. The topological polar surface area (TPSA) is 96.1 Å². The van der Waals surface area contributed by atoms with Gasteiger partial charge in [0, 0.05) is 12.1 Å². The largest absolute Gasteiger partial charge is 0.463 e. The zero-order valence-electron chi connectivity index (χ0n) is 10.6. The Morgan fingerprint density at radius 1 is 1.63 bits per heavy atom. The first-order valence-electron chi connectivity index (χ1n) is 5.79. The highest BCUT2D eigenvalue weighted by molar-refractivity contribution is 6.09. The monoisotopic (exact) mass is 262 g/mol. The van der Waals surface area contributed by atoms with Gasteiger partial charge in [-0.25, -0.2) is 10.9 Å². The maximum Gasteiger partial charge on any atom is 0.249 e. The highest BCUT2D eigenvalue weighted by atomic mass is 16.3. The lowest BCUT2D eigenvalue weighted by molar-refractivity contribution is -0.127. The van der Waals surface area contributed by atoms with Crippen molar-refractivity contribution in [2.24, 2.45) is 16.1 Å². The van der Waals surface area contributed by atoms with E-state index in [1.165, 1.54) is 6.26 Å². The molecule has 1 atom stereocenters. The molecular formula is C12H14N4O3. The van der Waals surface area contributed by atoms with Gasteiger partial charge in [0.2, 0.25) is 11.8 Å². The highest BCUT2D eigenvalue weighted by Crippen LogP contribution is 2.11. The van der Waals surface area contributed by atoms with Gasteiger partial charge >= 0.3 is 0 Å². The molecule has 2 heterocycles. The molecule has 1 aromatic heterocycles. The number of amides is 2. The maximum absolute atomic E-state index is 11.7. The van der Waals surface area contributed by atoms with Crippen molar-refractivity contribution in [1.82, 2.24) is 10.9 Å². The maximum atomic E-state index is 11.7. The number of hydrogen-bond donors (Lipinski definition) is 2. The molecule has 7 heteroatoms.